The first-order chi connectivity index (χ1) is 18.8. The van der Waals surface area contributed by atoms with Crippen LogP contribution in [0.1, 0.15) is 0 Å². The maximum Gasteiger partial charge on any atom is 0.227 e. The van der Waals surface area contributed by atoms with Gasteiger partial charge in [-0.2, -0.15) is 0 Å². The summed E-state index contributed by atoms with van der Waals surface area (Å²) in [6.45, 7) is 0. The fraction of sp³-hybridized carbons (Fsp3) is 0. The normalized spacial score (nSPS) is 11.7. The van der Waals surface area contributed by atoms with Crippen LogP contribution in [0.5, 0.6) is 0 Å². The molecule has 0 aliphatic heterocycles. The van der Waals surface area contributed by atoms with E-state index < -0.39 is 0 Å². The second kappa shape index (κ2) is 8.15. The molecule has 0 saturated carbocycles. The molecule has 0 unspecified atom stereocenters. The Morgan fingerprint density at radius 3 is 2.32 bits per heavy atom. The molecule has 8 rings (SSSR count). The standard InChI is InChI=1S/C34H21N3O/c1-2-9-22(10-3-1)34-36-28-17-18-31-32(33(28)38-34)27-15-6-7-16-30(27)37(31)26-14-8-13-24(19-26)29-20-23-11-4-5-12-25(23)21-35-29/h1-21H. The summed E-state index contributed by atoms with van der Waals surface area (Å²) in [5.74, 6) is 0.634. The van der Waals surface area contributed by atoms with Crippen molar-refractivity contribution in [1.29, 1.82) is 0 Å². The Labute approximate surface area is 218 Å². The Kier molecular flexibility index (Phi) is 4.49. The molecule has 0 atom stereocenters. The van der Waals surface area contributed by atoms with Gasteiger partial charge in [-0.25, -0.2) is 4.98 Å². The number of nitrogens with zero attached hydrogens (tertiary/aromatic N) is 3. The minimum atomic E-state index is 0.634. The minimum Gasteiger partial charge on any atom is -0.435 e. The second-order valence-corrected chi connectivity index (χ2v) is 9.51. The highest BCUT2D eigenvalue weighted by Gasteiger charge is 2.19. The Morgan fingerprint density at radius 1 is 0.605 bits per heavy atom. The van der Waals surface area contributed by atoms with Gasteiger partial charge in [0.2, 0.25) is 5.89 Å². The summed E-state index contributed by atoms with van der Waals surface area (Å²) in [6, 6.07) is 41.8. The number of benzene rings is 5. The van der Waals surface area contributed by atoms with E-state index in [-0.39, 0.29) is 0 Å². The van der Waals surface area contributed by atoms with Gasteiger partial charge < -0.3 is 8.98 Å². The summed E-state index contributed by atoms with van der Waals surface area (Å²) in [6.07, 6.45) is 1.95. The molecule has 3 aromatic heterocycles. The fourth-order valence-electron chi connectivity index (χ4n) is 5.47. The van der Waals surface area contributed by atoms with Crippen LogP contribution in [0.2, 0.25) is 0 Å². The monoisotopic (exact) mass is 487 g/mol. The molecule has 0 radical (unpaired) electrons. The summed E-state index contributed by atoms with van der Waals surface area (Å²) in [7, 11) is 0. The summed E-state index contributed by atoms with van der Waals surface area (Å²) >= 11 is 0. The predicted molar refractivity (Wildman–Crippen MR) is 155 cm³/mol. The topological polar surface area (TPSA) is 43.9 Å². The molecule has 4 nitrogen and oxygen atoms in total. The first kappa shape index (κ1) is 20.9. The van der Waals surface area contributed by atoms with Crippen LogP contribution in [0.25, 0.3) is 72.1 Å². The zero-order chi connectivity index (χ0) is 25.1. The molecule has 5 aromatic carbocycles. The molecule has 0 spiro atoms. The van der Waals surface area contributed by atoms with E-state index in [1.807, 2.05) is 42.6 Å². The number of hydrogen-bond donors (Lipinski definition) is 0. The number of oxazole rings is 1. The molecule has 0 bridgehead atoms. The van der Waals surface area contributed by atoms with E-state index in [2.05, 4.69) is 89.5 Å². The van der Waals surface area contributed by atoms with Crippen LogP contribution in [0, 0.1) is 0 Å². The Hall–Kier alpha value is -5.22. The van der Waals surface area contributed by atoms with Gasteiger partial charge in [0.1, 0.15) is 5.52 Å². The first-order valence-electron chi connectivity index (χ1n) is 12.7. The number of aromatic nitrogens is 3. The third kappa shape index (κ3) is 3.17. The lowest BCUT2D eigenvalue weighted by molar-refractivity contribution is 0.623. The largest absolute Gasteiger partial charge is 0.435 e. The van der Waals surface area contributed by atoms with Gasteiger partial charge >= 0.3 is 0 Å². The van der Waals surface area contributed by atoms with E-state index in [0.717, 1.165) is 60.8 Å². The van der Waals surface area contributed by atoms with Crippen molar-refractivity contribution in [3.8, 4) is 28.4 Å². The van der Waals surface area contributed by atoms with Gasteiger partial charge in [0.05, 0.1) is 22.1 Å². The molecule has 0 fully saturated rings. The van der Waals surface area contributed by atoms with Crippen molar-refractivity contribution in [3.05, 3.63) is 128 Å². The molecule has 4 heteroatoms. The van der Waals surface area contributed by atoms with Crippen LogP contribution in [0.15, 0.2) is 132 Å². The highest BCUT2D eigenvalue weighted by atomic mass is 16.3. The summed E-state index contributed by atoms with van der Waals surface area (Å²) in [5, 5.41) is 4.53. The van der Waals surface area contributed by atoms with E-state index in [1.54, 1.807) is 0 Å². The van der Waals surface area contributed by atoms with Gasteiger partial charge in [-0.3, -0.25) is 4.98 Å². The summed E-state index contributed by atoms with van der Waals surface area (Å²) < 4.78 is 8.73. The third-order valence-corrected chi connectivity index (χ3v) is 7.24. The van der Waals surface area contributed by atoms with Crippen LogP contribution in [0.3, 0.4) is 0 Å². The predicted octanol–water partition coefficient (Wildman–Crippen LogP) is 8.81. The average Bonchev–Trinajstić information content (AvgIpc) is 3.57. The van der Waals surface area contributed by atoms with Crippen molar-refractivity contribution in [2.45, 2.75) is 0 Å². The molecule has 8 aromatic rings. The van der Waals surface area contributed by atoms with Crippen LogP contribution in [-0.2, 0) is 0 Å². The molecular formula is C34H21N3O. The Balaban J connectivity index is 1.36. The zero-order valence-corrected chi connectivity index (χ0v) is 20.4. The molecule has 178 valence electrons. The average molecular weight is 488 g/mol. The minimum absolute atomic E-state index is 0.634. The number of fused-ring (bicyclic) bond motifs is 6. The van der Waals surface area contributed by atoms with Crippen LogP contribution < -0.4 is 0 Å². The molecular weight excluding hydrogens is 466 g/mol. The van der Waals surface area contributed by atoms with Crippen molar-refractivity contribution in [3.63, 3.8) is 0 Å². The molecule has 0 N–H and O–H groups in total. The van der Waals surface area contributed by atoms with E-state index in [9.17, 15) is 0 Å². The first-order valence-corrected chi connectivity index (χ1v) is 12.7. The third-order valence-electron chi connectivity index (χ3n) is 7.24. The van der Waals surface area contributed by atoms with Crippen LogP contribution in [-0.4, -0.2) is 14.5 Å². The van der Waals surface area contributed by atoms with Gasteiger partial charge in [-0.15, -0.1) is 0 Å². The lowest BCUT2D eigenvalue weighted by atomic mass is 10.1. The SMILES string of the molecule is c1ccc(-c2nc3ccc4c(c5ccccc5n4-c4cccc(-c5cc6ccccc6cn5)c4)c3o2)cc1. The lowest BCUT2D eigenvalue weighted by Gasteiger charge is -2.10. The molecule has 0 aliphatic rings. The molecule has 0 aliphatic carbocycles. The molecule has 0 saturated heterocycles. The van der Waals surface area contributed by atoms with Crippen LogP contribution in [0.4, 0.5) is 0 Å². The number of pyridine rings is 1. The maximum absolute atomic E-state index is 6.42. The van der Waals surface area contributed by atoms with Crippen molar-refractivity contribution in [2.75, 3.05) is 0 Å². The van der Waals surface area contributed by atoms with Crippen molar-refractivity contribution < 1.29 is 4.42 Å². The lowest BCUT2D eigenvalue weighted by Crippen LogP contribution is -1.94. The Morgan fingerprint density at radius 2 is 1.39 bits per heavy atom. The fourth-order valence-corrected chi connectivity index (χ4v) is 5.47. The quantitative estimate of drug-likeness (QED) is 0.250. The van der Waals surface area contributed by atoms with E-state index in [0.29, 0.717) is 5.89 Å². The number of para-hydroxylation sites is 1. The van der Waals surface area contributed by atoms with Gasteiger partial charge in [-0.1, -0.05) is 72.8 Å². The van der Waals surface area contributed by atoms with Crippen molar-refractivity contribution >= 4 is 43.7 Å². The van der Waals surface area contributed by atoms with Crippen molar-refractivity contribution in [1.82, 2.24) is 14.5 Å². The maximum atomic E-state index is 6.42. The number of hydrogen-bond acceptors (Lipinski definition) is 3. The molecule has 3 heterocycles. The van der Waals surface area contributed by atoms with Crippen LogP contribution >= 0.6 is 0 Å². The smallest absolute Gasteiger partial charge is 0.227 e. The van der Waals surface area contributed by atoms with Crippen molar-refractivity contribution in [2.24, 2.45) is 0 Å². The zero-order valence-electron chi connectivity index (χ0n) is 20.4. The second-order valence-electron chi connectivity index (χ2n) is 9.51. The summed E-state index contributed by atoms with van der Waals surface area (Å²) in [5.41, 5.74) is 7.94. The van der Waals surface area contributed by atoms with E-state index in [1.165, 1.54) is 5.39 Å². The van der Waals surface area contributed by atoms with Gasteiger partial charge in [-0.05, 0) is 53.9 Å². The highest BCUT2D eigenvalue weighted by Crippen LogP contribution is 2.38. The van der Waals surface area contributed by atoms with Gasteiger partial charge in [0.25, 0.3) is 0 Å². The van der Waals surface area contributed by atoms with Gasteiger partial charge in [0, 0.05) is 33.8 Å². The number of rotatable bonds is 3. The molecule has 38 heavy (non-hydrogen) atoms. The highest BCUT2D eigenvalue weighted by molar-refractivity contribution is 6.19. The molecule has 0 amide bonds. The summed E-state index contributed by atoms with van der Waals surface area (Å²) in [4.78, 5) is 9.58. The van der Waals surface area contributed by atoms with E-state index >= 15 is 0 Å². The van der Waals surface area contributed by atoms with Gasteiger partial charge in [0.15, 0.2) is 5.58 Å². The Bertz CT molecular complexity index is 2140. The van der Waals surface area contributed by atoms with E-state index in [4.69, 9.17) is 14.4 Å².